The summed E-state index contributed by atoms with van der Waals surface area (Å²) >= 11 is 1.13. The Morgan fingerprint density at radius 2 is 1.96 bits per heavy atom. The second kappa shape index (κ2) is 9.59. The van der Waals surface area contributed by atoms with Crippen LogP contribution in [0.4, 0.5) is 10.5 Å². The van der Waals surface area contributed by atoms with E-state index in [1.54, 1.807) is 27.7 Å². The number of carbonyl (C=O) groups is 2. The van der Waals surface area contributed by atoms with Gasteiger partial charge in [0.2, 0.25) is 11.8 Å². The molecule has 9 heteroatoms. The topological polar surface area (TPSA) is 106 Å². The average molecular weight is 407 g/mol. The summed E-state index contributed by atoms with van der Waals surface area (Å²) in [5, 5.41) is 13.6. The van der Waals surface area contributed by atoms with Crippen LogP contribution in [0.3, 0.4) is 0 Å². The number of para-hydroxylation sites is 1. The van der Waals surface area contributed by atoms with Gasteiger partial charge in [-0.1, -0.05) is 36.9 Å². The van der Waals surface area contributed by atoms with Crippen molar-refractivity contribution in [2.45, 2.75) is 57.9 Å². The molecule has 0 fully saturated rings. The maximum absolute atomic E-state index is 12.2. The number of amides is 2. The van der Waals surface area contributed by atoms with E-state index in [9.17, 15) is 9.59 Å². The largest absolute Gasteiger partial charge is 0.444 e. The minimum atomic E-state index is -0.594. The Morgan fingerprint density at radius 3 is 2.64 bits per heavy atom. The van der Waals surface area contributed by atoms with Crippen molar-refractivity contribution >= 4 is 29.4 Å². The van der Waals surface area contributed by atoms with E-state index >= 15 is 0 Å². The number of alkyl carbamates (subject to hydrolysis) is 1. The van der Waals surface area contributed by atoms with Crippen molar-refractivity contribution in [3.63, 3.8) is 0 Å². The van der Waals surface area contributed by atoms with Crippen LogP contribution in [0.15, 0.2) is 33.9 Å². The van der Waals surface area contributed by atoms with Crippen molar-refractivity contribution in [3.05, 3.63) is 35.7 Å². The second-order valence-electron chi connectivity index (χ2n) is 7.12. The quantitative estimate of drug-likeness (QED) is 0.671. The van der Waals surface area contributed by atoms with Gasteiger partial charge in [0.05, 0.1) is 5.75 Å². The van der Waals surface area contributed by atoms with Crippen molar-refractivity contribution in [1.82, 2.24) is 15.5 Å². The van der Waals surface area contributed by atoms with Gasteiger partial charge in [-0.2, -0.15) is 0 Å². The van der Waals surface area contributed by atoms with Crippen LogP contribution in [0.5, 0.6) is 0 Å². The van der Waals surface area contributed by atoms with Gasteiger partial charge >= 0.3 is 6.09 Å². The molecule has 2 amide bonds. The van der Waals surface area contributed by atoms with Gasteiger partial charge in [-0.05, 0) is 45.7 Å². The van der Waals surface area contributed by atoms with Crippen molar-refractivity contribution in [1.29, 1.82) is 0 Å². The zero-order valence-corrected chi connectivity index (χ0v) is 17.6. The van der Waals surface area contributed by atoms with E-state index < -0.39 is 17.7 Å². The minimum absolute atomic E-state index is 0.132. The number of nitrogens with one attached hydrogen (secondary N) is 2. The first-order chi connectivity index (χ1) is 13.2. The summed E-state index contributed by atoms with van der Waals surface area (Å²) in [7, 11) is 0. The Labute approximate surface area is 168 Å². The van der Waals surface area contributed by atoms with Crippen molar-refractivity contribution < 1.29 is 18.7 Å². The highest BCUT2D eigenvalue weighted by atomic mass is 32.2. The van der Waals surface area contributed by atoms with Crippen LogP contribution < -0.4 is 10.6 Å². The van der Waals surface area contributed by atoms with Gasteiger partial charge in [0.1, 0.15) is 11.6 Å². The molecule has 1 aromatic carbocycles. The summed E-state index contributed by atoms with van der Waals surface area (Å²) < 4.78 is 10.7. The standard InChI is InChI=1S/C19H26N4O4S/c1-6-13-9-7-8-10-14(13)21-15(24)11-28-18-23-22-16(26-18)12(2)20-17(25)27-19(3,4)5/h7-10,12H,6,11H2,1-5H3,(H,20,25)(H,21,24). The molecule has 0 saturated heterocycles. The number of benzene rings is 1. The van der Waals surface area contributed by atoms with Crippen LogP contribution in [-0.4, -0.2) is 33.6 Å². The SMILES string of the molecule is CCc1ccccc1NC(=O)CSc1nnc(C(C)NC(=O)OC(C)(C)C)o1. The van der Waals surface area contributed by atoms with E-state index in [2.05, 4.69) is 20.8 Å². The molecule has 1 heterocycles. The number of anilines is 1. The van der Waals surface area contributed by atoms with Gasteiger partial charge in [0.15, 0.2) is 0 Å². The number of rotatable bonds is 7. The maximum atomic E-state index is 12.2. The Hall–Kier alpha value is -2.55. The molecule has 0 aliphatic rings. The summed E-state index contributed by atoms with van der Waals surface area (Å²) in [5.41, 5.74) is 1.28. The molecule has 0 bridgehead atoms. The molecular formula is C19H26N4O4S. The molecule has 0 spiro atoms. The van der Waals surface area contributed by atoms with Crippen LogP contribution in [0.2, 0.25) is 0 Å². The first-order valence-corrected chi connectivity index (χ1v) is 10.00. The van der Waals surface area contributed by atoms with Gasteiger partial charge in [-0.25, -0.2) is 4.79 Å². The lowest BCUT2D eigenvalue weighted by Gasteiger charge is -2.20. The summed E-state index contributed by atoms with van der Waals surface area (Å²) in [6.45, 7) is 9.08. The van der Waals surface area contributed by atoms with Gasteiger partial charge < -0.3 is 19.8 Å². The number of carbonyl (C=O) groups excluding carboxylic acids is 2. The molecule has 1 atom stereocenters. The Kier molecular flexibility index (Phi) is 7.45. The van der Waals surface area contributed by atoms with Crippen molar-refractivity contribution in [2.75, 3.05) is 11.1 Å². The highest BCUT2D eigenvalue weighted by Gasteiger charge is 2.21. The number of nitrogens with zero attached hydrogens (tertiary/aromatic N) is 2. The zero-order valence-electron chi connectivity index (χ0n) is 16.7. The highest BCUT2D eigenvalue weighted by molar-refractivity contribution is 7.99. The molecule has 0 radical (unpaired) electrons. The van der Waals surface area contributed by atoms with E-state index in [1.807, 2.05) is 31.2 Å². The summed E-state index contributed by atoms with van der Waals surface area (Å²) in [6.07, 6.45) is 0.264. The molecule has 152 valence electrons. The lowest BCUT2D eigenvalue weighted by Crippen LogP contribution is -2.34. The third-order valence-electron chi connectivity index (χ3n) is 3.52. The molecule has 8 nitrogen and oxygen atoms in total. The lowest BCUT2D eigenvalue weighted by atomic mass is 10.1. The Bertz CT molecular complexity index is 816. The number of aryl methyl sites for hydroxylation is 1. The van der Waals surface area contributed by atoms with Crippen LogP contribution >= 0.6 is 11.8 Å². The van der Waals surface area contributed by atoms with Gasteiger partial charge in [-0.3, -0.25) is 4.79 Å². The predicted molar refractivity (Wildman–Crippen MR) is 107 cm³/mol. The lowest BCUT2D eigenvalue weighted by molar-refractivity contribution is -0.113. The van der Waals surface area contributed by atoms with Crippen LogP contribution in [0.25, 0.3) is 0 Å². The molecule has 1 aromatic heterocycles. The van der Waals surface area contributed by atoms with Crippen molar-refractivity contribution in [3.8, 4) is 0 Å². The second-order valence-corrected chi connectivity index (χ2v) is 8.05. The summed E-state index contributed by atoms with van der Waals surface area (Å²) in [6, 6.07) is 7.16. The summed E-state index contributed by atoms with van der Waals surface area (Å²) in [4.78, 5) is 24.0. The number of hydrogen-bond donors (Lipinski definition) is 2. The number of thioether (sulfide) groups is 1. The third-order valence-corrected chi connectivity index (χ3v) is 4.34. The van der Waals surface area contributed by atoms with E-state index in [-0.39, 0.29) is 22.8 Å². The molecule has 2 aromatic rings. The monoisotopic (exact) mass is 406 g/mol. The fraction of sp³-hybridized carbons (Fsp3) is 0.474. The van der Waals surface area contributed by atoms with Crippen LogP contribution in [-0.2, 0) is 16.0 Å². The minimum Gasteiger partial charge on any atom is -0.444 e. The maximum Gasteiger partial charge on any atom is 0.408 e. The van der Waals surface area contributed by atoms with Crippen LogP contribution in [0.1, 0.15) is 52.1 Å². The van der Waals surface area contributed by atoms with Gasteiger partial charge in [0.25, 0.3) is 5.22 Å². The molecule has 0 aliphatic carbocycles. The fourth-order valence-electron chi connectivity index (χ4n) is 2.26. The molecular weight excluding hydrogens is 380 g/mol. The predicted octanol–water partition coefficient (Wildman–Crippen LogP) is 3.95. The first kappa shape index (κ1) is 21.7. The van der Waals surface area contributed by atoms with Gasteiger partial charge in [0, 0.05) is 5.69 Å². The van der Waals surface area contributed by atoms with E-state index in [0.29, 0.717) is 0 Å². The molecule has 28 heavy (non-hydrogen) atoms. The van der Waals surface area contributed by atoms with Crippen LogP contribution in [0, 0.1) is 0 Å². The molecule has 1 unspecified atom stereocenters. The normalized spacial score (nSPS) is 12.3. The van der Waals surface area contributed by atoms with E-state index in [1.165, 1.54) is 0 Å². The average Bonchev–Trinajstić information content (AvgIpc) is 3.08. The van der Waals surface area contributed by atoms with Gasteiger partial charge in [-0.15, -0.1) is 10.2 Å². The Morgan fingerprint density at radius 1 is 1.25 bits per heavy atom. The fourth-order valence-corrected chi connectivity index (χ4v) is 2.83. The summed E-state index contributed by atoms with van der Waals surface area (Å²) in [5.74, 6) is 0.212. The number of aromatic nitrogens is 2. The van der Waals surface area contributed by atoms with E-state index in [0.717, 1.165) is 29.4 Å². The van der Waals surface area contributed by atoms with E-state index in [4.69, 9.17) is 9.15 Å². The third kappa shape index (κ3) is 6.88. The molecule has 0 aliphatic heterocycles. The smallest absolute Gasteiger partial charge is 0.408 e. The number of hydrogen-bond acceptors (Lipinski definition) is 7. The van der Waals surface area contributed by atoms with Crippen molar-refractivity contribution in [2.24, 2.45) is 0 Å². The molecule has 2 rings (SSSR count). The first-order valence-electron chi connectivity index (χ1n) is 9.01. The molecule has 2 N–H and O–H groups in total. The number of ether oxygens (including phenoxy) is 1. The molecule has 0 saturated carbocycles. The Balaban J connectivity index is 1.85. The zero-order chi connectivity index (χ0) is 20.7. The highest BCUT2D eigenvalue weighted by Crippen LogP contribution is 2.21.